The number of amides is 1. The first kappa shape index (κ1) is 15.4. The number of nitro groups is 1. The van der Waals surface area contributed by atoms with Gasteiger partial charge in [-0.1, -0.05) is 19.1 Å². The van der Waals surface area contributed by atoms with Crippen LogP contribution in [0.4, 0.5) is 5.69 Å². The molecule has 1 fully saturated rings. The third kappa shape index (κ3) is 3.78. The van der Waals surface area contributed by atoms with E-state index in [9.17, 15) is 14.9 Å². The molecule has 6 nitrogen and oxygen atoms in total. The number of nitrogens with one attached hydrogen (secondary N) is 1. The summed E-state index contributed by atoms with van der Waals surface area (Å²) in [5, 5.41) is 14.4. The lowest BCUT2D eigenvalue weighted by molar-refractivity contribution is -0.385. The Balaban J connectivity index is 2.19. The molecule has 0 bridgehead atoms. The van der Waals surface area contributed by atoms with Crippen LogP contribution in [0.2, 0.25) is 0 Å². The summed E-state index contributed by atoms with van der Waals surface area (Å²) in [6, 6.07) is 6.45. The van der Waals surface area contributed by atoms with Gasteiger partial charge < -0.3 is 10.2 Å². The van der Waals surface area contributed by atoms with Crippen molar-refractivity contribution in [3.8, 4) is 0 Å². The van der Waals surface area contributed by atoms with Gasteiger partial charge in [0.25, 0.3) is 11.6 Å². The third-order valence-corrected chi connectivity index (χ3v) is 3.72. The number of para-hydroxylation sites is 1. The highest BCUT2D eigenvalue weighted by Crippen LogP contribution is 2.20. The molecule has 1 heterocycles. The first-order chi connectivity index (χ1) is 10.1. The smallest absolute Gasteiger partial charge is 0.282 e. The predicted molar refractivity (Wildman–Crippen MR) is 80.3 cm³/mol. The van der Waals surface area contributed by atoms with Gasteiger partial charge in [-0.15, -0.1) is 0 Å². The number of carbonyl (C=O) groups excluding carboxylic acids is 1. The van der Waals surface area contributed by atoms with E-state index in [-0.39, 0.29) is 17.2 Å². The molecule has 1 saturated heterocycles. The Morgan fingerprint density at radius 1 is 1.48 bits per heavy atom. The lowest BCUT2D eigenvalue weighted by Crippen LogP contribution is -2.41. The van der Waals surface area contributed by atoms with Crippen molar-refractivity contribution >= 4 is 11.6 Å². The quantitative estimate of drug-likeness (QED) is 0.644. The molecule has 1 unspecified atom stereocenters. The average molecular weight is 291 g/mol. The lowest BCUT2D eigenvalue weighted by Gasteiger charge is -2.25. The first-order valence-electron chi connectivity index (χ1n) is 7.39. The van der Waals surface area contributed by atoms with E-state index in [0.717, 1.165) is 25.8 Å². The summed E-state index contributed by atoms with van der Waals surface area (Å²) in [5.41, 5.74) is 0.0527. The molecular formula is C15H21N3O3. The van der Waals surface area contributed by atoms with Crippen LogP contribution in [0.5, 0.6) is 0 Å². The van der Waals surface area contributed by atoms with Gasteiger partial charge in [0.15, 0.2) is 0 Å². The predicted octanol–water partition coefficient (Wildman–Crippen LogP) is 2.20. The Hall–Kier alpha value is -1.95. The molecule has 21 heavy (non-hydrogen) atoms. The zero-order valence-corrected chi connectivity index (χ0v) is 12.2. The van der Waals surface area contributed by atoms with Gasteiger partial charge in [0.2, 0.25) is 0 Å². The summed E-state index contributed by atoms with van der Waals surface area (Å²) in [6.07, 6.45) is 2.99. The highest BCUT2D eigenvalue weighted by atomic mass is 16.6. The molecule has 114 valence electrons. The van der Waals surface area contributed by atoms with Crippen molar-refractivity contribution in [2.45, 2.75) is 32.2 Å². The van der Waals surface area contributed by atoms with Crippen LogP contribution in [0.3, 0.4) is 0 Å². The maximum atomic E-state index is 12.6. The van der Waals surface area contributed by atoms with E-state index < -0.39 is 4.92 Å². The maximum Gasteiger partial charge on any atom is 0.282 e. The minimum atomic E-state index is -0.495. The number of nitro benzene ring substituents is 1. The van der Waals surface area contributed by atoms with Crippen molar-refractivity contribution in [3.63, 3.8) is 0 Å². The van der Waals surface area contributed by atoms with Crippen LogP contribution >= 0.6 is 0 Å². The molecule has 0 saturated carbocycles. The minimum absolute atomic E-state index is 0.122. The Kier molecular flexibility index (Phi) is 5.27. The van der Waals surface area contributed by atoms with E-state index in [2.05, 4.69) is 5.32 Å². The first-order valence-corrected chi connectivity index (χ1v) is 7.39. The van der Waals surface area contributed by atoms with Crippen molar-refractivity contribution in [1.29, 1.82) is 0 Å². The van der Waals surface area contributed by atoms with Crippen LogP contribution in [0.25, 0.3) is 0 Å². The molecule has 0 spiro atoms. The van der Waals surface area contributed by atoms with Crippen LogP contribution in [0.15, 0.2) is 24.3 Å². The van der Waals surface area contributed by atoms with E-state index in [4.69, 9.17) is 0 Å². The number of rotatable bonds is 6. The van der Waals surface area contributed by atoms with Gasteiger partial charge in [0, 0.05) is 25.2 Å². The van der Waals surface area contributed by atoms with Gasteiger partial charge in [0.1, 0.15) is 5.56 Å². The van der Waals surface area contributed by atoms with E-state index in [1.807, 2.05) is 6.92 Å². The van der Waals surface area contributed by atoms with Crippen molar-refractivity contribution in [1.82, 2.24) is 10.2 Å². The van der Waals surface area contributed by atoms with Crippen molar-refractivity contribution < 1.29 is 9.72 Å². The van der Waals surface area contributed by atoms with Gasteiger partial charge in [-0.25, -0.2) is 0 Å². The van der Waals surface area contributed by atoms with Gasteiger partial charge >= 0.3 is 0 Å². The van der Waals surface area contributed by atoms with Crippen molar-refractivity contribution in [2.75, 3.05) is 19.6 Å². The number of hydrogen-bond donors (Lipinski definition) is 1. The SMILES string of the molecule is CCCN(CC1CCCN1)C(=O)c1ccccc1[N+](=O)[O-]. The van der Waals surface area contributed by atoms with Crippen LogP contribution < -0.4 is 5.32 Å². The summed E-state index contributed by atoms with van der Waals surface area (Å²) in [5.74, 6) is -0.252. The second kappa shape index (κ2) is 7.17. The lowest BCUT2D eigenvalue weighted by atomic mass is 10.1. The molecule has 1 aromatic carbocycles. The molecule has 0 aliphatic carbocycles. The van der Waals surface area contributed by atoms with Crippen LogP contribution in [0.1, 0.15) is 36.5 Å². The van der Waals surface area contributed by atoms with Crippen LogP contribution in [-0.4, -0.2) is 41.4 Å². The summed E-state index contributed by atoms with van der Waals surface area (Å²) >= 11 is 0. The molecule has 6 heteroatoms. The molecule has 1 aliphatic heterocycles. The summed E-state index contributed by atoms with van der Waals surface area (Å²) < 4.78 is 0. The normalized spacial score (nSPS) is 17.7. The van der Waals surface area contributed by atoms with Crippen molar-refractivity contribution in [3.05, 3.63) is 39.9 Å². The highest BCUT2D eigenvalue weighted by molar-refractivity contribution is 5.98. The molecule has 1 aromatic rings. The summed E-state index contributed by atoms with van der Waals surface area (Å²) in [4.78, 5) is 24.9. The monoisotopic (exact) mass is 291 g/mol. The summed E-state index contributed by atoms with van der Waals surface area (Å²) in [7, 11) is 0. The Morgan fingerprint density at radius 2 is 2.24 bits per heavy atom. The van der Waals surface area contributed by atoms with Gasteiger partial charge in [-0.2, -0.15) is 0 Å². The zero-order valence-electron chi connectivity index (χ0n) is 12.2. The highest BCUT2D eigenvalue weighted by Gasteiger charge is 2.26. The average Bonchev–Trinajstić information content (AvgIpc) is 2.99. The standard InChI is InChI=1S/C15H21N3O3/c1-2-10-17(11-12-6-5-9-16-12)15(19)13-7-3-4-8-14(13)18(20)21/h3-4,7-8,12,16H,2,5-6,9-11H2,1H3. The molecule has 0 aromatic heterocycles. The van der Waals surface area contributed by atoms with E-state index in [0.29, 0.717) is 19.1 Å². The molecular weight excluding hydrogens is 270 g/mol. The number of nitrogens with zero attached hydrogens (tertiary/aromatic N) is 2. The Bertz CT molecular complexity index is 513. The van der Waals surface area contributed by atoms with E-state index >= 15 is 0 Å². The third-order valence-electron chi connectivity index (χ3n) is 3.72. The second-order valence-electron chi connectivity index (χ2n) is 5.32. The second-order valence-corrected chi connectivity index (χ2v) is 5.32. The minimum Gasteiger partial charge on any atom is -0.337 e. The fourth-order valence-electron chi connectivity index (χ4n) is 2.71. The number of carbonyl (C=O) groups is 1. The van der Waals surface area contributed by atoms with Crippen LogP contribution in [-0.2, 0) is 0 Å². The van der Waals surface area contributed by atoms with Crippen LogP contribution in [0, 0.1) is 10.1 Å². The van der Waals surface area contributed by atoms with Gasteiger partial charge in [0.05, 0.1) is 4.92 Å². The number of hydrogen-bond acceptors (Lipinski definition) is 4. The van der Waals surface area contributed by atoms with E-state index in [1.165, 1.54) is 12.1 Å². The molecule has 2 rings (SSSR count). The molecule has 0 radical (unpaired) electrons. The maximum absolute atomic E-state index is 12.6. The van der Waals surface area contributed by atoms with Gasteiger partial charge in [-0.3, -0.25) is 14.9 Å². The Labute approximate surface area is 124 Å². The summed E-state index contributed by atoms with van der Waals surface area (Å²) in [6.45, 7) is 4.20. The van der Waals surface area contributed by atoms with Crippen molar-refractivity contribution in [2.24, 2.45) is 0 Å². The molecule has 1 atom stereocenters. The Morgan fingerprint density at radius 3 is 2.86 bits per heavy atom. The number of benzene rings is 1. The molecule has 1 N–H and O–H groups in total. The largest absolute Gasteiger partial charge is 0.337 e. The molecule has 1 aliphatic rings. The molecule has 1 amide bonds. The van der Waals surface area contributed by atoms with E-state index in [1.54, 1.807) is 17.0 Å². The zero-order chi connectivity index (χ0) is 15.2. The fourth-order valence-corrected chi connectivity index (χ4v) is 2.71. The fraction of sp³-hybridized carbons (Fsp3) is 0.533. The topological polar surface area (TPSA) is 75.5 Å². The van der Waals surface area contributed by atoms with Gasteiger partial charge in [-0.05, 0) is 31.9 Å².